The van der Waals surface area contributed by atoms with Gasteiger partial charge >= 0.3 is 0 Å². The number of hydrogen-bond acceptors (Lipinski definition) is 2. The van der Waals surface area contributed by atoms with Gasteiger partial charge < -0.3 is 5.73 Å². The Kier molecular flexibility index (Phi) is 3.87. The molecule has 2 N–H and O–H groups in total. The van der Waals surface area contributed by atoms with Crippen LogP contribution in [0.3, 0.4) is 0 Å². The molecule has 1 aliphatic carbocycles. The largest absolute Gasteiger partial charge is 0.329 e. The zero-order valence-electron chi connectivity index (χ0n) is 12.9. The monoisotopic (exact) mass is 272 g/mol. The Morgan fingerprint density at radius 2 is 2.00 bits per heavy atom. The zero-order chi connectivity index (χ0) is 14.2. The van der Waals surface area contributed by atoms with Crippen molar-refractivity contribution in [1.29, 1.82) is 0 Å². The molecule has 0 bridgehead atoms. The lowest BCUT2D eigenvalue weighted by atomic mass is 9.74. The molecule has 2 nitrogen and oxygen atoms in total. The summed E-state index contributed by atoms with van der Waals surface area (Å²) >= 11 is 0. The van der Waals surface area contributed by atoms with Crippen LogP contribution in [0.5, 0.6) is 0 Å². The second-order valence-electron chi connectivity index (χ2n) is 7.05. The summed E-state index contributed by atoms with van der Waals surface area (Å²) < 4.78 is 0. The van der Waals surface area contributed by atoms with Gasteiger partial charge in [-0.25, -0.2) is 0 Å². The third-order valence-electron chi connectivity index (χ3n) is 5.63. The fourth-order valence-corrected chi connectivity index (χ4v) is 4.43. The van der Waals surface area contributed by atoms with E-state index in [0.29, 0.717) is 6.04 Å². The predicted octanol–water partition coefficient (Wildman–Crippen LogP) is 2.99. The first-order chi connectivity index (χ1) is 9.64. The molecule has 1 fully saturated rings. The second-order valence-corrected chi connectivity index (χ2v) is 7.05. The van der Waals surface area contributed by atoms with Crippen LogP contribution in [0.15, 0.2) is 24.3 Å². The van der Waals surface area contributed by atoms with E-state index in [9.17, 15) is 0 Å². The van der Waals surface area contributed by atoms with Crippen molar-refractivity contribution in [1.82, 2.24) is 4.90 Å². The molecule has 0 aromatic heterocycles. The van der Waals surface area contributed by atoms with Crippen LogP contribution >= 0.6 is 0 Å². The summed E-state index contributed by atoms with van der Waals surface area (Å²) in [5, 5.41) is 0. The Balaban J connectivity index is 1.86. The Labute approximate surface area is 123 Å². The number of likely N-dealkylation sites (tertiary alicyclic amines) is 1. The molecule has 2 heteroatoms. The highest BCUT2D eigenvalue weighted by Gasteiger charge is 2.42. The Bertz CT molecular complexity index is 470. The van der Waals surface area contributed by atoms with E-state index in [0.717, 1.165) is 18.9 Å². The van der Waals surface area contributed by atoms with Crippen LogP contribution in [-0.4, -0.2) is 29.6 Å². The van der Waals surface area contributed by atoms with E-state index < -0.39 is 0 Å². The summed E-state index contributed by atoms with van der Waals surface area (Å²) in [6.45, 7) is 6.80. The molecule has 1 aliphatic heterocycles. The summed E-state index contributed by atoms with van der Waals surface area (Å²) in [5.41, 5.74) is 9.54. The molecule has 20 heavy (non-hydrogen) atoms. The second kappa shape index (κ2) is 5.50. The van der Waals surface area contributed by atoms with E-state index in [1.54, 1.807) is 0 Å². The molecule has 1 saturated heterocycles. The Hall–Kier alpha value is -0.860. The molecule has 110 valence electrons. The van der Waals surface area contributed by atoms with Gasteiger partial charge in [-0.1, -0.05) is 31.2 Å². The van der Waals surface area contributed by atoms with Crippen LogP contribution in [-0.2, 0) is 12.8 Å². The van der Waals surface area contributed by atoms with Gasteiger partial charge in [-0.2, -0.15) is 0 Å². The van der Waals surface area contributed by atoms with Gasteiger partial charge in [0.1, 0.15) is 0 Å². The van der Waals surface area contributed by atoms with Gasteiger partial charge in [0.25, 0.3) is 0 Å². The van der Waals surface area contributed by atoms with Gasteiger partial charge in [-0.15, -0.1) is 0 Å². The van der Waals surface area contributed by atoms with E-state index >= 15 is 0 Å². The number of hydrogen-bond donors (Lipinski definition) is 1. The fraction of sp³-hybridized carbons (Fsp3) is 0.667. The summed E-state index contributed by atoms with van der Waals surface area (Å²) in [6, 6.07) is 9.60. The van der Waals surface area contributed by atoms with Gasteiger partial charge in [0.15, 0.2) is 0 Å². The summed E-state index contributed by atoms with van der Waals surface area (Å²) in [7, 11) is 0. The number of piperidine rings is 1. The molecule has 2 aliphatic rings. The van der Waals surface area contributed by atoms with Crippen molar-refractivity contribution in [3.05, 3.63) is 35.4 Å². The Morgan fingerprint density at radius 3 is 2.70 bits per heavy atom. The molecule has 0 amide bonds. The molecule has 3 unspecified atom stereocenters. The first-order valence-electron chi connectivity index (χ1n) is 8.18. The quantitative estimate of drug-likeness (QED) is 0.897. The average Bonchev–Trinajstić information content (AvgIpc) is 2.46. The summed E-state index contributed by atoms with van der Waals surface area (Å²) in [6.07, 6.45) is 6.20. The van der Waals surface area contributed by atoms with Gasteiger partial charge in [0, 0.05) is 18.1 Å². The molecule has 1 aromatic rings. The van der Waals surface area contributed by atoms with Crippen LogP contribution in [0.2, 0.25) is 0 Å². The maximum absolute atomic E-state index is 6.28. The minimum atomic E-state index is 0.202. The van der Waals surface area contributed by atoms with E-state index in [4.69, 9.17) is 5.73 Å². The first kappa shape index (κ1) is 14.1. The molecule has 0 spiro atoms. The minimum absolute atomic E-state index is 0.202. The van der Waals surface area contributed by atoms with Crippen LogP contribution in [0.25, 0.3) is 0 Å². The lowest BCUT2D eigenvalue weighted by molar-refractivity contribution is 0.00574. The van der Waals surface area contributed by atoms with Gasteiger partial charge in [0.2, 0.25) is 0 Å². The van der Waals surface area contributed by atoms with Crippen molar-refractivity contribution in [2.45, 2.75) is 57.5 Å². The predicted molar refractivity (Wildman–Crippen MR) is 84.8 cm³/mol. The number of nitrogens with two attached hydrogens (primary N) is 1. The van der Waals surface area contributed by atoms with Gasteiger partial charge in [-0.3, -0.25) is 4.90 Å². The van der Waals surface area contributed by atoms with E-state index in [1.807, 2.05) is 0 Å². The molecular formula is C18H28N2. The Morgan fingerprint density at radius 1 is 1.25 bits per heavy atom. The average molecular weight is 272 g/mol. The zero-order valence-corrected chi connectivity index (χ0v) is 12.9. The number of aryl methyl sites for hydroxylation is 1. The standard InChI is InChI=1S/C18H28N2/c1-14-8-10-20(15(2)11-14)18(13-19)9-7-16-5-3-4-6-17(16)12-18/h3-6,14-15H,7-13,19H2,1-2H3. The van der Waals surface area contributed by atoms with Crippen LogP contribution in [0.4, 0.5) is 0 Å². The number of benzene rings is 1. The summed E-state index contributed by atoms with van der Waals surface area (Å²) in [4.78, 5) is 2.74. The molecule has 1 aromatic carbocycles. The third-order valence-corrected chi connectivity index (χ3v) is 5.63. The number of fused-ring (bicyclic) bond motifs is 1. The minimum Gasteiger partial charge on any atom is -0.329 e. The van der Waals surface area contributed by atoms with Crippen molar-refractivity contribution in [3.8, 4) is 0 Å². The van der Waals surface area contributed by atoms with Crippen molar-refractivity contribution < 1.29 is 0 Å². The highest BCUT2D eigenvalue weighted by atomic mass is 15.2. The summed E-state index contributed by atoms with van der Waals surface area (Å²) in [5.74, 6) is 0.868. The van der Waals surface area contributed by atoms with Crippen LogP contribution < -0.4 is 5.73 Å². The first-order valence-corrected chi connectivity index (χ1v) is 8.18. The van der Waals surface area contributed by atoms with Gasteiger partial charge in [0.05, 0.1) is 0 Å². The highest BCUT2D eigenvalue weighted by molar-refractivity contribution is 5.32. The normalized spacial score (nSPS) is 34.8. The van der Waals surface area contributed by atoms with E-state index in [2.05, 4.69) is 43.0 Å². The molecular weight excluding hydrogens is 244 g/mol. The third kappa shape index (κ3) is 2.40. The van der Waals surface area contributed by atoms with Crippen LogP contribution in [0.1, 0.15) is 44.2 Å². The molecule has 1 heterocycles. The van der Waals surface area contributed by atoms with E-state index in [-0.39, 0.29) is 5.54 Å². The van der Waals surface area contributed by atoms with Gasteiger partial charge in [-0.05, 0) is 62.6 Å². The van der Waals surface area contributed by atoms with Crippen molar-refractivity contribution >= 4 is 0 Å². The number of nitrogens with zero attached hydrogens (tertiary/aromatic N) is 1. The molecule has 0 radical (unpaired) electrons. The lowest BCUT2D eigenvalue weighted by Crippen LogP contribution is -2.61. The van der Waals surface area contributed by atoms with Crippen LogP contribution in [0, 0.1) is 5.92 Å². The maximum atomic E-state index is 6.28. The SMILES string of the molecule is CC1CCN(C2(CN)CCc3ccccc3C2)C(C)C1. The maximum Gasteiger partial charge on any atom is 0.0378 e. The van der Waals surface area contributed by atoms with Crippen molar-refractivity contribution in [2.24, 2.45) is 11.7 Å². The lowest BCUT2D eigenvalue weighted by Gasteiger charge is -2.52. The topological polar surface area (TPSA) is 29.3 Å². The molecule has 3 rings (SSSR count). The van der Waals surface area contributed by atoms with Crippen molar-refractivity contribution in [2.75, 3.05) is 13.1 Å². The molecule has 0 saturated carbocycles. The van der Waals surface area contributed by atoms with E-state index in [1.165, 1.54) is 43.4 Å². The van der Waals surface area contributed by atoms with Crippen molar-refractivity contribution in [3.63, 3.8) is 0 Å². The fourth-order valence-electron chi connectivity index (χ4n) is 4.43. The smallest absolute Gasteiger partial charge is 0.0378 e. The number of rotatable bonds is 2. The highest BCUT2D eigenvalue weighted by Crippen LogP contribution is 2.37. The molecule has 3 atom stereocenters.